The van der Waals surface area contributed by atoms with Crippen molar-refractivity contribution in [1.82, 2.24) is 0 Å². The molecule has 0 radical (unpaired) electrons. The zero-order valence-electron chi connectivity index (χ0n) is 8.85. The third kappa shape index (κ3) is 3.97. The minimum Gasteiger partial charge on any atom is -0.491 e. The van der Waals surface area contributed by atoms with Crippen molar-refractivity contribution in [3.8, 4) is 5.75 Å². The Balaban J connectivity index is 2.54. The Kier molecular flexibility index (Phi) is 5.54. The molecule has 0 spiro atoms. The first-order valence-electron chi connectivity index (χ1n) is 4.72. The number of benzene rings is 1. The van der Waals surface area contributed by atoms with E-state index in [1.54, 1.807) is 24.3 Å². The molecule has 1 atom stereocenters. The lowest BCUT2D eigenvalue weighted by molar-refractivity contribution is 0.0600. The highest BCUT2D eigenvalue weighted by atomic mass is 127. The third-order valence-corrected chi connectivity index (χ3v) is 2.91. The summed E-state index contributed by atoms with van der Waals surface area (Å²) in [6, 6.07) is 6.59. The summed E-state index contributed by atoms with van der Waals surface area (Å²) in [6.45, 7) is 0.251. The average molecular weight is 336 g/mol. The van der Waals surface area contributed by atoms with Crippen molar-refractivity contribution >= 4 is 28.6 Å². The summed E-state index contributed by atoms with van der Waals surface area (Å²) >= 11 is 2.08. The number of methoxy groups -OCH3 is 1. The van der Waals surface area contributed by atoms with Crippen LogP contribution < -0.4 is 4.74 Å². The van der Waals surface area contributed by atoms with Gasteiger partial charge < -0.3 is 14.6 Å². The van der Waals surface area contributed by atoms with Crippen LogP contribution in [0.3, 0.4) is 0 Å². The molecule has 1 rings (SSSR count). The number of hydrogen-bond donors (Lipinski definition) is 1. The van der Waals surface area contributed by atoms with E-state index in [-0.39, 0.29) is 12.6 Å². The summed E-state index contributed by atoms with van der Waals surface area (Å²) in [5.74, 6) is 0.246. The van der Waals surface area contributed by atoms with E-state index in [1.165, 1.54) is 7.11 Å². The summed E-state index contributed by atoms with van der Waals surface area (Å²) < 4.78 is 10.5. The summed E-state index contributed by atoms with van der Waals surface area (Å²) in [4.78, 5) is 11.1. The van der Waals surface area contributed by atoms with Crippen LogP contribution in [0.5, 0.6) is 5.75 Å². The maximum atomic E-state index is 11.1. The first-order chi connectivity index (χ1) is 7.67. The molecule has 1 aromatic carbocycles. The first-order valence-corrected chi connectivity index (χ1v) is 6.25. The first kappa shape index (κ1) is 13.2. The molecular weight excluding hydrogens is 323 g/mol. The van der Waals surface area contributed by atoms with Gasteiger partial charge in [-0.25, -0.2) is 4.79 Å². The summed E-state index contributed by atoms with van der Waals surface area (Å²) in [5.41, 5.74) is 0.476. The molecule has 1 N–H and O–H groups in total. The number of ether oxygens (including phenoxy) is 2. The SMILES string of the molecule is COC(=O)c1ccc(OCC(O)CI)cc1. The van der Waals surface area contributed by atoms with Crippen LogP contribution in [0.4, 0.5) is 0 Å². The topological polar surface area (TPSA) is 55.8 Å². The Hall–Kier alpha value is -0.820. The molecule has 5 heteroatoms. The van der Waals surface area contributed by atoms with Gasteiger partial charge in [-0.2, -0.15) is 0 Å². The highest BCUT2D eigenvalue weighted by Gasteiger charge is 2.06. The summed E-state index contributed by atoms with van der Waals surface area (Å²) in [6.07, 6.45) is -0.471. The predicted octanol–water partition coefficient (Wildman–Crippen LogP) is 1.65. The summed E-state index contributed by atoms with van der Waals surface area (Å²) in [5, 5.41) is 9.29. The average Bonchev–Trinajstić information content (AvgIpc) is 2.35. The lowest BCUT2D eigenvalue weighted by atomic mass is 10.2. The van der Waals surface area contributed by atoms with Crippen molar-refractivity contribution in [3.05, 3.63) is 29.8 Å². The maximum absolute atomic E-state index is 11.1. The standard InChI is InChI=1S/C11H13IO4/c1-15-11(14)8-2-4-10(5-3-8)16-7-9(13)6-12/h2-5,9,13H,6-7H2,1H3. The smallest absolute Gasteiger partial charge is 0.337 e. The lowest BCUT2D eigenvalue weighted by Gasteiger charge is -2.09. The van der Waals surface area contributed by atoms with Gasteiger partial charge in [0.1, 0.15) is 12.4 Å². The van der Waals surface area contributed by atoms with Crippen LogP contribution in [0.1, 0.15) is 10.4 Å². The molecule has 0 aromatic heterocycles. The van der Waals surface area contributed by atoms with Crippen molar-refractivity contribution in [2.24, 2.45) is 0 Å². The molecule has 0 bridgehead atoms. The van der Waals surface area contributed by atoms with Gasteiger partial charge in [0.15, 0.2) is 0 Å². The van der Waals surface area contributed by atoms with Crippen LogP contribution >= 0.6 is 22.6 Å². The van der Waals surface area contributed by atoms with Gasteiger partial charge in [-0.05, 0) is 24.3 Å². The van der Waals surface area contributed by atoms with E-state index in [2.05, 4.69) is 27.3 Å². The van der Waals surface area contributed by atoms with E-state index in [1.807, 2.05) is 0 Å². The fourth-order valence-corrected chi connectivity index (χ4v) is 1.30. The van der Waals surface area contributed by atoms with Crippen LogP contribution in [-0.2, 0) is 4.74 Å². The Bertz CT molecular complexity index is 336. The van der Waals surface area contributed by atoms with Crippen LogP contribution in [0, 0.1) is 0 Å². The second kappa shape index (κ2) is 6.70. The van der Waals surface area contributed by atoms with E-state index < -0.39 is 6.10 Å². The van der Waals surface area contributed by atoms with Crippen LogP contribution in [-0.4, -0.2) is 35.3 Å². The number of aliphatic hydroxyl groups is 1. The molecule has 1 aromatic rings. The number of esters is 1. The quantitative estimate of drug-likeness (QED) is 0.505. The minimum atomic E-state index is -0.471. The molecule has 0 fully saturated rings. The normalized spacial score (nSPS) is 11.9. The van der Waals surface area contributed by atoms with Gasteiger partial charge in [0, 0.05) is 4.43 Å². The number of halogens is 1. The van der Waals surface area contributed by atoms with Crippen molar-refractivity contribution in [1.29, 1.82) is 0 Å². The van der Waals surface area contributed by atoms with Gasteiger partial charge in [0.05, 0.1) is 18.8 Å². The molecule has 0 amide bonds. The van der Waals surface area contributed by atoms with Gasteiger partial charge in [0.2, 0.25) is 0 Å². The van der Waals surface area contributed by atoms with E-state index in [9.17, 15) is 9.90 Å². The molecule has 0 saturated carbocycles. The van der Waals surface area contributed by atoms with Gasteiger partial charge >= 0.3 is 5.97 Å². The van der Waals surface area contributed by atoms with Crippen molar-refractivity contribution in [3.63, 3.8) is 0 Å². The van der Waals surface area contributed by atoms with Crippen molar-refractivity contribution in [2.45, 2.75) is 6.10 Å². The Morgan fingerprint density at radius 1 is 1.44 bits per heavy atom. The Morgan fingerprint density at radius 2 is 2.06 bits per heavy atom. The maximum Gasteiger partial charge on any atom is 0.337 e. The molecule has 4 nitrogen and oxygen atoms in total. The van der Waals surface area contributed by atoms with Crippen molar-refractivity contribution < 1.29 is 19.4 Å². The number of alkyl halides is 1. The fourth-order valence-electron chi connectivity index (χ4n) is 1.04. The molecule has 0 aliphatic heterocycles. The monoisotopic (exact) mass is 336 g/mol. The van der Waals surface area contributed by atoms with E-state index >= 15 is 0 Å². The Morgan fingerprint density at radius 3 is 2.56 bits per heavy atom. The van der Waals surface area contributed by atoms with E-state index in [0.717, 1.165) is 0 Å². The lowest BCUT2D eigenvalue weighted by Crippen LogP contribution is -2.18. The molecule has 88 valence electrons. The molecule has 1 unspecified atom stereocenters. The van der Waals surface area contributed by atoms with E-state index in [4.69, 9.17) is 4.74 Å². The number of carbonyl (C=O) groups is 1. The fraction of sp³-hybridized carbons (Fsp3) is 0.364. The van der Waals surface area contributed by atoms with Crippen LogP contribution in [0.2, 0.25) is 0 Å². The Labute approximate surface area is 108 Å². The summed E-state index contributed by atoms with van der Waals surface area (Å²) in [7, 11) is 1.34. The number of carbonyl (C=O) groups excluding carboxylic acids is 1. The predicted molar refractivity (Wildman–Crippen MR) is 68.2 cm³/mol. The highest BCUT2D eigenvalue weighted by molar-refractivity contribution is 14.1. The molecule has 0 aliphatic rings. The van der Waals surface area contributed by atoms with E-state index in [0.29, 0.717) is 15.7 Å². The molecular formula is C11H13IO4. The second-order valence-corrected chi connectivity index (χ2v) is 4.02. The van der Waals surface area contributed by atoms with Crippen molar-refractivity contribution in [2.75, 3.05) is 18.1 Å². The molecule has 16 heavy (non-hydrogen) atoms. The molecule has 0 aliphatic carbocycles. The third-order valence-electron chi connectivity index (χ3n) is 1.90. The van der Waals surface area contributed by atoms with Gasteiger partial charge in [-0.3, -0.25) is 0 Å². The second-order valence-electron chi connectivity index (χ2n) is 3.14. The van der Waals surface area contributed by atoms with Gasteiger partial charge in [-0.15, -0.1) is 0 Å². The largest absolute Gasteiger partial charge is 0.491 e. The van der Waals surface area contributed by atoms with Crippen LogP contribution in [0.25, 0.3) is 0 Å². The highest BCUT2D eigenvalue weighted by Crippen LogP contribution is 2.13. The zero-order valence-corrected chi connectivity index (χ0v) is 11.0. The number of rotatable bonds is 5. The number of aliphatic hydroxyl groups excluding tert-OH is 1. The van der Waals surface area contributed by atoms with Crippen LogP contribution in [0.15, 0.2) is 24.3 Å². The zero-order chi connectivity index (χ0) is 12.0. The van der Waals surface area contributed by atoms with Gasteiger partial charge in [-0.1, -0.05) is 22.6 Å². The molecule has 0 heterocycles. The minimum absolute atomic E-state index is 0.251. The van der Waals surface area contributed by atoms with Gasteiger partial charge in [0.25, 0.3) is 0 Å². The number of hydrogen-bond acceptors (Lipinski definition) is 4. The molecule has 0 saturated heterocycles.